The van der Waals surface area contributed by atoms with Gasteiger partial charge in [-0.2, -0.15) is 0 Å². The smallest absolute Gasteiger partial charge is 0.410 e. The zero-order valence-corrected chi connectivity index (χ0v) is 32.3. The highest BCUT2D eigenvalue weighted by Gasteiger charge is 2.13. The number of rotatable bonds is 17. The Morgan fingerprint density at radius 3 is 1.17 bits per heavy atom. The first-order chi connectivity index (χ1) is 22.3. The molecule has 0 aliphatic heterocycles. The van der Waals surface area contributed by atoms with Gasteiger partial charge >= 0.3 is 12.2 Å². The number of benzene rings is 2. The Morgan fingerprint density at radius 1 is 0.500 bits per heavy atom. The van der Waals surface area contributed by atoms with Crippen molar-refractivity contribution < 1.29 is 19.1 Å². The van der Waals surface area contributed by atoms with Gasteiger partial charge in [0.05, 0.1) is 0 Å². The molecule has 10 heteroatoms. The fraction of sp³-hybridized carbons (Fsp3) is 0.474. The summed E-state index contributed by atoms with van der Waals surface area (Å²) in [7, 11) is 6.73. The zero-order chi connectivity index (χ0) is 32.7. The van der Waals surface area contributed by atoms with Gasteiger partial charge in [0.2, 0.25) is 0 Å². The Bertz CT molecular complexity index is 1460. The number of nitrogens with zero attached hydrogens (tertiary/aromatic N) is 4. The van der Waals surface area contributed by atoms with Gasteiger partial charge < -0.3 is 19.3 Å². The molecule has 0 bridgehead atoms. The molecule has 262 valence electrons. The summed E-state index contributed by atoms with van der Waals surface area (Å²) >= 11 is 0. The van der Waals surface area contributed by atoms with Crippen molar-refractivity contribution in [2.24, 2.45) is 0 Å². The number of carbonyl (C=O) groups excluding carboxylic acids is 2. The van der Waals surface area contributed by atoms with Crippen molar-refractivity contribution in [3.63, 3.8) is 0 Å². The predicted molar refractivity (Wildman–Crippen MR) is 206 cm³/mol. The summed E-state index contributed by atoms with van der Waals surface area (Å²) in [6.45, 7) is 0. The molecule has 2 aromatic carbocycles. The van der Waals surface area contributed by atoms with Crippen LogP contribution < -0.4 is 9.47 Å². The second-order valence-electron chi connectivity index (χ2n) is 12.5. The van der Waals surface area contributed by atoms with Gasteiger partial charge in [-0.15, -0.1) is 34.0 Å². The van der Waals surface area contributed by atoms with E-state index in [-0.39, 0.29) is 46.1 Å². The number of aromatic nitrogens is 2. The molecule has 4 rings (SSSR count). The minimum absolute atomic E-state index is 0. The molecule has 2 heterocycles. The van der Waals surface area contributed by atoms with E-state index < -0.39 is 0 Å². The monoisotopic (exact) mass is 786 g/mol. The van der Waals surface area contributed by atoms with E-state index in [0.29, 0.717) is 11.5 Å². The maximum atomic E-state index is 12.0. The second-order valence-corrected chi connectivity index (χ2v) is 12.5. The molecule has 0 unspecified atom stereocenters. The third kappa shape index (κ3) is 12.3. The first-order valence-corrected chi connectivity index (χ1v) is 16.9. The molecule has 2 amide bonds. The Hall–Kier alpha value is -3.24. The summed E-state index contributed by atoms with van der Waals surface area (Å²) in [5.41, 5.74) is 2.15. The molecule has 0 saturated carbocycles. The van der Waals surface area contributed by atoms with Crippen molar-refractivity contribution in [1.29, 1.82) is 0 Å². The summed E-state index contributed by atoms with van der Waals surface area (Å²) in [5, 5.41) is 4.00. The van der Waals surface area contributed by atoms with Gasteiger partial charge in [-0.05, 0) is 49.9 Å². The Morgan fingerprint density at radius 2 is 0.833 bits per heavy atom. The van der Waals surface area contributed by atoms with Crippen LogP contribution in [-0.2, 0) is 12.8 Å². The van der Waals surface area contributed by atoms with Crippen LogP contribution in [0.15, 0.2) is 60.9 Å². The molecule has 4 aromatic rings. The van der Waals surface area contributed by atoms with Crippen LogP contribution in [0.4, 0.5) is 9.59 Å². The molecule has 0 aliphatic carbocycles. The SMILES string of the molecule is Br.Br.CN(C)C(=O)Oc1cccc2c(CCCCCCCCCCCCCCc3nccc4c(OC(=O)N(C)C)cccc34)nccc12. The van der Waals surface area contributed by atoms with Gasteiger partial charge in [-0.25, -0.2) is 9.59 Å². The van der Waals surface area contributed by atoms with E-state index in [1.54, 1.807) is 28.2 Å². The summed E-state index contributed by atoms with van der Waals surface area (Å²) < 4.78 is 11.1. The summed E-state index contributed by atoms with van der Waals surface area (Å²) in [6.07, 6.45) is 19.8. The normalized spacial score (nSPS) is 10.7. The number of unbranched alkanes of at least 4 members (excludes halogenated alkanes) is 11. The van der Waals surface area contributed by atoms with E-state index in [9.17, 15) is 9.59 Å². The van der Waals surface area contributed by atoms with Crippen molar-refractivity contribution in [3.05, 3.63) is 72.3 Å². The van der Waals surface area contributed by atoms with Crippen LogP contribution >= 0.6 is 34.0 Å². The second kappa shape index (κ2) is 21.7. The van der Waals surface area contributed by atoms with E-state index in [4.69, 9.17) is 9.47 Å². The first kappa shape index (κ1) is 40.9. The average Bonchev–Trinajstić information content (AvgIpc) is 3.05. The Balaban J connectivity index is 0.00000400. The maximum absolute atomic E-state index is 12.0. The van der Waals surface area contributed by atoms with E-state index in [2.05, 4.69) is 22.1 Å². The summed E-state index contributed by atoms with van der Waals surface area (Å²) in [4.78, 5) is 36.2. The number of amides is 2. The molecular formula is C38H52Br2N4O4. The Kier molecular flexibility index (Phi) is 18.5. The van der Waals surface area contributed by atoms with E-state index >= 15 is 0 Å². The van der Waals surface area contributed by atoms with E-state index in [1.165, 1.54) is 74.0 Å². The highest BCUT2D eigenvalue weighted by Crippen LogP contribution is 2.29. The number of carbonyl (C=O) groups is 2. The molecule has 2 aromatic heterocycles. The van der Waals surface area contributed by atoms with Gasteiger partial charge in [0.15, 0.2) is 0 Å². The zero-order valence-electron chi connectivity index (χ0n) is 28.9. The number of hydrogen-bond donors (Lipinski definition) is 0. The molecule has 0 atom stereocenters. The third-order valence-electron chi connectivity index (χ3n) is 8.40. The van der Waals surface area contributed by atoms with E-state index in [0.717, 1.165) is 58.6 Å². The Labute approximate surface area is 307 Å². The number of fused-ring (bicyclic) bond motifs is 2. The van der Waals surface area contributed by atoms with Crippen molar-refractivity contribution in [1.82, 2.24) is 19.8 Å². The highest BCUT2D eigenvalue weighted by molar-refractivity contribution is 8.93. The van der Waals surface area contributed by atoms with Crippen LogP contribution in [-0.4, -0.2) is 60.1 Å². The minimum Gasteiger partial charge on any atom is -0.410 e. The fourth-order valence-electron chi connectivity index (χ4n) is 5.78. The lowest BCUT2D eigenvalue weighted by molar-refractivity contribution is 0.171. The molecule has 0 fully saturated rings. The predicted octanol–water partition coefficient (Wildman–Crippen LogP) is 10.5. The number of ether oxygens (including phenoxy) is 2. The van der Waals surface area contributed by atoms with Crippen LogP contribution in [0.25, 0.3) is 21.5 Å². The van der Waals surface area contributed by atoms with Crippen molar-refractivity contribution in [2.45, 2.75) is 89.9 Å². The highest BCUT2D eigenvalue weighted by atomic mass is 79.9. The van der Waals surface area contributed by atoms with Gasteiger partial charge in [0, 0.05) is 73.5 Å². The minimum atomic E-state index is -0.375. The van der Waals surface area contributed by atoms with Gasteiger partial charge in [-0.3, -0.25) is 9.97 Å². The number of aryl methyl sites for hydroxylation is 2. The van der Waals surface area contributed by atoms with Gasteiger partial charge in [-0.1, -0.05) is 88.5 Å². The molecule has 0 N–H and O–H groups in total. The van der Waals surface area contributed by atoms with Gasteiger partial charge in [0.25, 0.3) is 0 Å². The standard InChI is InChI=1S/C38H50N4O4.2BrH/c1-41(2)37(43)45-35-23-17-19-29-31(35)25-27-39-33(29)21-15-13-11-9-7-5-6-8-10-12-14-16-22-34-30-20-18-24-36(32(30)26-28-40-34)46-38(44)42(3)4;;/h17-20,23-28H,5-16,21-22H2,1-4H3;2*1H. The van der Waals surface area contributed by atoms with Crippen LogP contribution in [0.5, 0.6) is 11.5 Å². The van der Waals surface area contributed by atoms with Crippen LogP contribution in [0.3, 0.4) is 0 Å². The van der Waals surface area contributed by atoms with Crippen LogP contribution in [0.2, 0.25) is 0 Å². The van der Waals surface area contributed by atoms with Crippen LogP contribution in [0, 0.1) is 0 Å². The first-order valence-electron chi connectivity index (χ1n) is 16.9. The molecule has 48 heavy (non-hydrogen) atoms. The summed E-state index contributed by atoms with van der Waals surface area (Å²) in [6, 6.07) is 15.5. The van der Waals surface area contributed by atoms with Crippen LogP contribution in [0.1, 0.15) is 88.4 Å². The van der Waals surface area contributed by atoms with Crippen molar-refractivity contribution >= 4 is 67.7 Å². The summed E-state index contributed by atoms with van der Waals surface area (Å²) in [5.74, 6) is 1.17. The average molecular weight is 789 g/mol. The lowest BCUT2D eigenvalue weighted by Gasteiger charge is -2.13. The molecule has 0 radical (unpaired) electrons. The number of halogens is 2. The van der Waals surface area contributed by atoms with E-state index in [1.807, 2.05) is 48.8 Å². The molecule has 0 spiro atoms. The molecule has 8 nitrogen and oxygen atoms in total. The molecule has 0 aliphatic rings. The topological polar surface area (TPSA) is 84.9 Å². The van der Waals surface area contributed by atoms with Crippen molar-refractivity contribution in [3.8, 4) is 11.5 Å². The number of pyridine rings is 2. The lowest BCUT2D eigenvalue weighted by Crippen LogP contribution is -2.25. The quantitative estimate of drug-likeness (QED) is 0.0991. The number of hydrogen-bond acceptors (Lipinski definition) is 6. The van der Waals surface area contributed by atoms with Gasteiger partial charge in [0.1, 0.15) is 11.5 Å². The van der Waals surface area contributed by atoms with Crippen molar-refractivity contribution in [2.75, 3.05) is 28.2 Å². The largest absolute Gasteiger partial charge is 0.414 e. The molecular weight excluding hydrogens is 736 g/mol. The molecule has 0 saturated heterocycles. The third-order valence-corrected chi connectivity index (χ3v) is 8.40. The maximum Gasteiger partial charge on any atom is 0.414 e. The lowest BCUT2D eigenvalue weighted by atomic mass is 10.0. The fourth-order valence-corrected chi connectivity index (χ4v) is 5.78.